The number of pyridine rings is 1. The Morgan fingerprint density at radius 3 is 2.58 bits per heavy atom. The number of nitrogens with zero attached hydrogens (tertiary/aromatic N) is 1. The van der Waals surface area contributed by atoms with Crippen LogP contribution in [0.5, 0.6) is 0 Å². The predicted octanol–water partition coefficient (Wildman–Crippen LogP) is 2.20. The lowest BCUT2D eigenvalue weighted by atomic mass is 10.2. The minimum atomic E-state index is -0.594. The number of aromatic nitrogens is 1. The highest BCUT2D eigenvalue weighted by molar-refractivity contribution is 6.29. The van der Waals surface area contributed by atoms with Gasteiger partial charge in [-0.05, 0) is 25.0 Å². The molecule has 19 heavy (non-hydrogen) atoms. The van der Waals surface area contributed by atoms with Crippen molar-refractivity contribution in [1.29, 1.82) is 0 Å². The smallest absolute Gasteiger partial charge is 0.340 e. The molecule has 6 heteroatoms. The van der Waals surface area contributed by atoms with E-state index in [0.29, 0.717) is 5.15 Å². The van der Waals surface area contributed by atoms with Crippen LogP contribution >= 0.6 is 11.6 Å². The average Bonchev–Trinajstić information content (AvgIpc) is 2.43. The maximum atomic E-state index is 11.6. The van der Waals surface area contributed by atoms with Crippen LogP contribution in [0.3, 0.4) is 0 Å². The predicted molar refractivity (Wildman–Crippen MR) is 72.0 cm³/mol. The zero-order valence-electron chi connectivity index (χ0n) is 11.0. The summed E-state index contributed by atoms with van der Waals surface area (Å²) in [5, 5.41) is 3.07. The summed E-state index contributed by atoms with van der Waals surface area (Å²) in [6.07, 6.45) is 3.00. The Morgan fingerprint density at radius 2 is 2.05 bits per heavy atom. The Balaban J connectivity index is 2.41. The molecule has 0 fully saturated rings. The molecule has 1 heterocycles. The van der Waals surface area contributed by atoms with E-state index in [1.807, 2.05) is 13.8 Å². The number of hydrogen-bond donors (Lipinski definition) is 1. The fourth-order valence-electron chi connectivity index (χ4n) is 1.47. The monoisotopic (exact) mass is 284 g/mol. The number of halogens is 1. The highest BCUT2D eigenvalue weighted by atomic mass is 35.5. The van der Waals surface area contributed by atoms with E-state index in [-0.39, 0.29) is 24.1 Å². The molecule has 1 N–H and O–H groups in total. The van der Waals surface area contributed by atoms with Gasteiger partial charge in [0.25, 0.3) is 5.91 Å². The molecule has 1 amide bonds. The standard InChI is InChI=1S/C13H17ClN2O3/c1-3-10(4-2)16-12(17)8-19-13(18)9-5-6-11(14)15-7-9/h5-7,10H,3-4,8H2,1-2H3,(H,16,17). The molecule has 0 spiro atoms. The van der Waals surface area contributed by atoms with Gasteiger partial charge in [-0.1, -0.05) is 25.4 Å². The maximum absolute atomic E-state index is 11.6. The molecule has 0 saturated carbocycles. The minimum absolute atomic E-state index is 0.114. The van der Waals surface area contributed by atoms with Crippen LogP contribution in [0.4, 0.5) is 0 Å². The van der Waals surface area contributed by atoms with Crippen LogP contribution in [-0.2, 0) is 9.53 Å². The number of esters is 1. The minimum Gasteiger partial charge on any atom is -0.452 e. The van der Waals surface area contributed by atoms with Crippen molar-refractivity contribution in [2.75, 3.05) is 6.61 Å². The van der Waals surface area contributed by atoms with Crippen LogP contribution in [0.1, 0.15) is 37.0 Å². The van der Waals surface area contributed by atoms with Crippen molar-refractivity contribution in [2.45, 2.75) is 32.7 Å². The molecule has 0 aliphatic carbocycles. The van der Waals surface area contributed by atoms with Crippen molar-refractivity contribution < 1.29 is 14.3 Å². The van der Waals surface area contributed by atoms with Crippen LogP contribution in [0.15, 0.2) is 18.3 Å². The number of amides is 1. The first-order chi connectivity index (χ1) is 9.06. The largest absolute Gasteiger partial charge is 0.452 e. The van der Waals surface area contributed by atoms with Gasteiger partial charge in [0.15, 0.2) is 6.61 Å². The third-order valence-electron chi connectivity index (χ3n) is 2.65. The Labute approximate surface area is 117 Å². The first kappa shape index (κ1) is 15.4. The van der Waals surface area contributed by atoms with E-state index in [1.165, 1.54) is 18.3 Å². The summed E-state index contributed by atoms with van der Waals surface area (Å²) in [7, 11) is 0. The molecule has 0 atom stereocenters. The van der Waals surface area contributed by atoms with Crippen molar-refractivity contribution in [3.8, 4) is 0 Å². The highest BCUT2D eigenvalue weighted by Gasteiger charge is 2.12. The first-order valence-electron chi connectivity index (χ1n) is 6.14. The number of ether oxygens (including phenoxy) is 1. The van der Waals surface area contributed by atoms with Crippen LogP contribution in [-0.4, -0.2) is 29.5 Å². The SMILES string of the molecule is CCC(CC)NC(=O)COC(=O)c1ccc(Cl)nc1. The van der Waals surface area contributed by atoms with E-state index in [1.54, 1.807) is 0 Å². The summed E-state index contributed by atoms with van der Waals surface area (Å²) < 4.78 is 4.89. The average molecular weight is 285 g/mol. The zero-order chi connectivity index (χ0) is 14.3. The van der Waals surface area contributed by atoms with Crippen LogP contribution in [0.2, 0.25) is 5.15 Å². The van der Waals surface area contributed by atoms with Crippen molar-refractivity contribution in [2.24, 2.45) is 0 Å². The normalized spacial score (nSPS) is 10.3. The summed E-state index contributed by atoms with van der Waals surface area (Å²) in [4.78, 5) is 26.9. The lowest BCUT2D eigenvalue weighted by Gasteiger charge is -2.14. The number of carbonyl (C=O) groups is 2. The lowest BCUT2D eigenvalue weighted by Crippen LogP contribution is -2.36. The van der Waals surface area contributed by atoms with Crippen molar-refractivity contribution in [1.82, 2.24) is 10.3 Å². The van der Waals surface area contributed by atoms with E-state index in [2.05, 4.69) is 10.3 Å². The van der Waals surface area contributed by atoms with Gasteiger partial charge >= 0.3 is 5.97 Å². The lowest BCUT2D eigenvalue weighted by molar-refractivity contribution is -0.125. The third kappa shape index (κ3) is 5.26. The van der Waals surface area contributed by atoms with Crippen LogP contribution in [0, 0.1) is 0 Å². The molecule has 0 bridgehead atoms. The zero-order valence-corrected chi connectivity index (χ0v) is 11.7. The molecule has 0 aliphatic rings. The fourth-order valence-corrected chi connectivity index (χ4v) is 1.58. The number of hydrogen-bond acceptors (Lipinski definition) is 4. The number of nitrogens with one attached hydrogen (secondary N) is 1. The van der Waals surface area contributed by atoms with Crippen molar-refractivity contribution in [3.63, 3.8) is 0 Å². The Hall–Kier alpha value is -1.62. The second-order valence-corrected chi connectivity index (χ2v) is 4.41. The maximum Gasteiger partial charge on any atom is 0.340 e. The fraction of sp³-hybridized carbons (Fsp3) is 0.462. The van der Waals surface area contributed by atoms with E-state index in [9.17, 15) is 9.59 Å². The molecule has 1 aromatic heterocycles. The van der Waals surface area contributed by atoms with Gasteiger partial charge in [0.05, 0.1) is 5.56 Å². The van der Waals surface area contributed by atoms with E-state index < -0.39 is 5.97 Å². The van der Waals surface area contributed by atoms with E-state index in [0.717, 1.165) is 12.8 Å². The van der Waals surface area contributed by atoms with Gasteiger partial charge in [-0.3, -0.25) is 4.79 Å². The van der Waals surface area contributed by atoms with Gasteiger partial charge in [-0.15, -0.1) is 0 Å². The third-order valence-corrected chi connectivity index (χ3v) is 2.87. The Kier molecular flexibility index (Phi) is 6.29. The highest BCUT2D eigenvalue weighted by Crippen LogP contribution is 2.06. The summed E-state index contributed by atoms with van der Waals surface area (Å²) in [6, 6.07) is 3.10. The summed E-state index contributed by atoms with van der Waals surface area (Å²) in [5.74, 6) is -0.896. The molecule has 0 radical (unpaired) electrons. The summed E-state index contributed by atoms with van der Waals surface area (Å²) in [5.41, 5.74) is 0.264. The van der Waals surface area contributed by atoms with Gasteiger partial charge < -0.3 is 10.1 Å². The van der Waals surface area contributed by atoms with Crippen LogP contribution in [0.25, 0.3) is 0 Å². The molecule has 1 aromatic rings. The summed E-state index contributed by atoms with van der Waals surface area (Å²) in [6.45, 7) is 3.68. The topological polar surface area (TPSA) is 68.3 Å². The molecule has 0 unspecified atom stereocenters. The Morgan fingerprint density at radius 1 is 1.37 bits per heavy atom. The molecule has 0 saturated heterocycles. The van der Waals surface area contributed by atoms with Crippen molar-refractivity contribution in [3.05, 3.63) is 29.0 Å². The molecular weight excluding hydrogens is 268 g/mol. The molecule has 5 nitrogen and oxygen atoms in total. The second kappa shape index (κ2) is 7.74. The molecule has 0 aromatic carbocycles. The summed E-state index contributed by atoms with van der Waals surface area (Å²) >= 11 is 5.61. The van der Waals surface area contributed by atoms with Gasteiger partial charge in [-0.2, -0.15) is 0 Å². The molecule has 1 rings (SSSR count). The second-order valence-electron chi connectivity index (χ2n) is 4.03. The quantitative estimate of drug-likeness (QED) is 0.642. The first-order valence-corrected chi connectivity index (χ1v) is 6.52. The van der Waals surface area contributed by atoms with Gasteiger partial charge in [0.2, 0.25) is 0 Å². The molecule has 104 valence electrons. The van der Waals surface area contributed by atoms with E-state index >= 15 is 0 Å². The molecule has 0 aliphatic heterocycles. The van der Waals surface area contributed by atoms with Gasteiger partial charge in [0.1, 0.15) is 5.15 Å². The van der Waals surface area contributed by atoms with Crippen molar-refractivity contribution >= 4 is 23.5 Å². The number of rotatable bonds is 6. The van der Waals surface area contributed by atoms with E-state index in [4.69, 9.17) is 16.3 Å². The Bertz CT molecular complexity index is 430. The van der Waals surface area contributed by atoms with Gasteiger partial charge in [-0.25, -0.2) is 9.78 Å². The number of carbonyl (C=O) groups excluding carboxylic acids is 2. The van der Waals surface area contributed by atoms with Crippen LogP contribution < -0.4 is 5.32 Å². The molecular formula is C13H17ClN2O3. The van der Waals surface area contributed by atoms with Gasteiger partial charge in [0, 0.05) is 12.2 Å².